The van der Waals surface area contributed by atoms with Gasteiger partial charge in [0, 0.05) is 51.4 Å². The minimum Gasteiger partial charge on any atom is -0.453 e. The van der Waals surface area contributed by atoms with E-state index < -0.39 is 5.82 Å². The maximum absolute atomic E-state index is 14.8. The molecule has 0 unspecified atom stereocenters. The molecule has 0 spiro atoms. The van der Waals surface area contributed by atoms with Crippen molar-refractivity contribution in [2.75, 3.05) is 55.9 Å². The van der Waals surface area contributed by atoms with Crippen LogP contribution in [0.4, 0.5) is 16.0 Å². The minimum absolute atomic E-state index is 0.0364. The van der Waals surface area contributed by atoms with E-state index in [2.05, 4.69) is 40.8 Å². The van der Waals surface area contributed by atoms with Crippen LogP contribution in [-0.2, 0) is 0 Å². The Morgan fingerprint density at radius 1 is 1.05 bits per heavy atom. The quantitative estimate of drug-likeness (QED) is 0.336. The molecule has 2 aromatic heterocycles. The molecule has 2 aliphatic heterocycles. The number of likely N-dealkylation sites (N-methyl/N-ethyl adjacent to an activating group) is 1. The van der Waals surface area contributed by atoms with E-state index in [4.69, 9.17) is 4.74 Å². The average Bonchev–Trinajstić information content (AvgIpc) is 2.95. The number of nitrogens with one attached hydrogen (secondary N) is 1. The number of aromatic nitrogens is 4. The van der Waals surface area contributed by atoms with Gasteiger partial charge in [0.2, 0.25) is 5.95 Å². The fraction of sp³-hybridized carbons (Fsp3) is 0.296. The summed E-state index contributed by atoms with van der Waals surface area (Å²) >= 11 is 1.37. The first-order valence-corrected chi connectivity index (χ1v) is 13.6. The second-order valence-corrected chi connectivity index (χ2v) is 10.5. The number of halogens is 1. The van der Waals surface area contributed by atoms with Gasteiger partial charge < -0.3 is 19.3 Å². The number of benzene rings is 2. The van der Waals surface area contributed by atoms with Gasteiger partial charge in [0.15, 0.2) is 11.6 Å². The lowest BCUT2D eigenvalue weighted by atomic mass is 10.1. The number of rotatable bonds is 7. The van der Waals surface area contributed by atoms with Crippen molar-refractivity contribution in [2.24, 2.45) is 0 Å². The normalized spacial score (nSPS) is 16.0. The Morgan fingerprint density at radius 2 is 1.82 bits per heavy atom. The molecular weight excluding hydrogens is 533 g/mol. The Morgan fingerprint density at radius 3 is 2.52 bits per heavy atom. The number of nitrogens with zero attached hydrogens (tertiary/aromatic N) is 8. The van der Waals surface area contributed by atoms with Gasteiger partial charge in [-0.25, -0.2) is 23.6 Å². The van der Waals surface area contributed by atoms with Crippen molar-refractivity contribution >= 4 is 34.7 Å². The van der Waals surface area contributed by atoms with E-state index in [1.165, 1.54) is 41.2 Å². The highest BCUT2D eigenvalue weighted by molar-refractivity contribution is 7.98. The second-order valence-electron chi connectivity index (χ2n) is 9.62. The summed E-state index contributed by atoms with van der Waals surface area (Å²) in [6.45, 7) is 5.42. The molecule has 4 heterocycles. The largest absolute Gasteiger partial charge is 0.453 e. The fourth-order valence-electron chi connectivity index (χ4n) is 4.42. The molecule has 2 fully saturated rings. The first-order valence-electron chi connectivity index (χ1n) is 12.9. The van der Waals surface area contributed by atoms with Crippen LogP contribution in [0.25, 0.3) is 16.6 Å². The van der Waals surface area contributed by atoms with E-state index in [1.54, 1.807) is 24.5 Å². The number of nitriles is 1. The van der Waals surface area contributed by atoms with E-state index in [-0.39, 0.29) is 28.0 Å². The van der Waals surface area contributed by atoms with Gasteiger partial charge in [-0.3, -0.25) is 9.36 Å². The van der Waals surface area contributed by atoms with Crippen LogP contribution in [0, 0.1) is 17.1 Å². The molecule has 2 aliphatic rings. The Kier molecular flexibility index (Phi) is 7.21. The number of hydrogen-bond donors (Lipinski definition) is 1. The molecule has 1 N–H and O–H groups in total. The number of fused-ring (bicyclic) bond motifs is 1. The number of hydrogen-bond acceptors (Lipinski definition) is 11. The Bertz CT molecular complexity index is 1650. The van der Waals surface area contributed by atoms with E-state index in [0.29, 0.717) is 22.8 Å². The molecule has 4 aromatic rings. The lowest BCUT2D eigenvalue weighted by Crippen LogP contribution is -2.45. The van der Waals surface area contributed by atoms with Gasteiger partial charge in [0.25, 0.3) is 5.56 Å². The molecule has 2 aromatic carbocycles. The summed E-state index contributed by atoms with van der Waals surface area (Å²) in [5, 5.41) is 10.1. The van der Waals surface area contributed by atoms with Crippen molar-refractivity contribution in [1.82, 2.24) is 28.7 Å². The molecular formula is C27H26FN9O2S. The maximum Gasteiger partial charge on any atom is 0.266 e. The van der Waals surface area contributed by atoms with E-state index in [9.17, 15) is 14.4 Å². The lowest BCUT2D eigenvalue weighted by Gasteiger charge is -2.32. The SMILES string of the molecule is CN1CCN(c2ncc(-n3cnc4ccc(Oc5c(F)ccc(NSN6CCC6)c5C#N)cc4c3=O)cn2)CC1. The van der Waals surface area contributed by atoms with Crippen molar-refractivity contribution in [2.45, 2.75) is 6.42 Å². The monoisotopic (exact) mass is 559 g/mol. The van der Waals surface area contributed by atoms with Crippen molar-refractivity contribution in [3.05, 3.63) is 70.8 Å². The van der Waals surface area contributed by atoms with Gasteiger partial charge in [-0.2, -0.15) is 5.26 Å². The van der Waals surface area contributed by atoms with Gasteiger partial charge >= 0.3 is 0 Å². The van der Waals surface area contributed by atoms with Crippen LogP contribution in [0.15, 0.2) is 53.8 Å². The molecule has 0 saturated carbocycles. The Labute approximate surface area is 234 Å². The second kappa shape index (κ2) is 11.1. The highest BCUT2D eigenvalue weighted by Gasteiger charge is 2.20. The maximum atomic E-state index is 14.8. The Balaban J connectivity index is 1.27. The smallest absolute Gasteiger partial charge is 0.266 e. The highest BCUT2D eigenvalue weighted by atomic mass is 32.2. The van der Waals surface area contributed by atoms with Crippen LogP contribution in [0.1, 0.15) is 12.0 Å². The zero-order valence-corrected chi connectivity index (χ0v) is 22.6. The van der Waals surface area contributed by atoms with E-state index in [1.807, 2.05) is 6.07 Å². The molecule has 6 rings (SSSR count). The zero-order chi connectivity index (χ0) is 27.6. The van der Waals surface area contributed by atoms with Gasteiger partial charge in [0.05, 0.1) is 34.7 Å². The molecule has 40 heavy (non-hydrogen) atoms. The van der Waals surface area contributed by atoms with Crippen LogP contribution >= 0.6 is 12.1 Å². The summed E-state index contributed by atoms with van der Waals surface area (Å²) in [6.07, 6.45) is 5.74. The molecule has 204 valence electrons. The zero-order valence-electron chi connectivity index (χ0n) is 21.7. The molecule has 13 heteroatoms. The first kappa shape index (κ1) is 26.0. The number of anilines is 2. The molecule has 0 atom stereocenters. The summed E-state index contributed by atoms with van der Waals surface area (Å²) in [4.78, 5) is 31.1. The Hall–Kier alpha value is -4.25. The molecule has 2 saturated heterocycles. The third-order valence-electron chi connectivity index (χ3n) is 6.96. The first-order chi connectivity index (χ1) is 19.5. The number of piperazine rings is 1. The van der Waals surface area contributed by atoms with Crippen LogP contribution in [0.2, 0.25) is 0 Å². The summed E-state index contributed by atoms with van der Waals surface area (Å²) in [5.74, 6) is -0.0797. The summed E-state index contributed by atoms with van der Waals surface area (Å²) in [5.41, 5.74) is 1.05. The van der Waals surface area contributed by atoms with Crippen molar-refractivity contribution in [1.29, 1.82) is 5.26 Å². The predicted molar refractivity (Wildman–Crippen MR) is 151 cm³/mol. The molecule has 0 aliphatic carbocycles. The molecule has 0 amide bonds. The lowest BCUT2D eigenvalue weighted by molar-refractivity contribution is 0.311. The van der Waals surface area contributed by atoms with Crippen LogP contribution in [0.3, 0.4) is 0 Å². The van der Waals surface area contributed by atoms with Crippen LogP contribution in [0.5, 0.6) is 11.5 Å². The highest BCUT2D eigenvalue weighted by Crippen LogP contribution is 2.35. The van der Waals surface area contributed by atoms with Crippen LogP contribution < -0.4 is 19.9 Å². The standard InChI is InChI=1S/C27H26FN9O2S/c1-34-9-11-35(12-10-34)27-30-15-18(16-31-27)37-17-32-23-5-3-19(13-20(23)26(37)38)39-25-21(14-29)24(6-4-22(25)28)33-40-36-7-2-8-36/h3-6,13,15-17,33H,2,7-12H2,1H3. The van der Waals surface area contributed by atoms with Gasteiger partial charge in [-0.15, -0.1) is 0 Å². The predicted octanol–water partition coefficient (Wildman–Crippen LogP) is 3.41. The minimum atomic E-state index is -0.683. The van der Waals surface area contributed by atoms with E-state index >= 15 is 0 Å². The third-order valence-corrected chi connectivity index (χ3v) is 7.89. The average molecular weight is 560 g/mol. The van der Waals surface area contributed by atoms with Crippen molar-refractivity contribution in [3.63, 3.8) is 0 Å². The summed E-state index contributed by atoms with van der Waals surface area (Å²) in [6, 6.07) is 9.49. The van der Waals surface area contributed by atoms with Crippen molar-refractivity contribution in [3.8, 4) is 23.3 Å². The summed E-state index contributed by atoms with van der Waals surface area (Å²) < 4.78 is 27.2. The van der Waals surface area contributed by atoms with Crippen molar-refractivity contribution < 1.29 is 9.13 Å². The van der Waals surface area contributed by atoms with Gasteiger partial charge in [0.1, 0.15) is 23.7 Å². The summed E-state index contributed by atoms with van der Waals surface area (Å²) in [7, 11) is 2.08. The molecule has 0 bridgehead atoms. The van der Waals surface area contributed by atoms with E-state index in [0.717, 1.165) is 45.7 Å². The topological polar surface area (TPSA) is 115 Å². The fourth-order valence-corrected chi connectivity index (χ4v) is 5.26. The molecule has 11 nitrogen and oxygen atoms in total. The van der Waals surface area contributed by atoms with Crippen LogP contribution in [-0.4, -0.2) is 75.0 Å². The molecule has 0 radical (unpaired) electrons. The van der Waals surface area contributed by atoms with Gasteiger partial charge in [-0.1, -0.05) is 0 Å². The number of ether oxygens (including phenoxy) is 1. The third kappa shape index (κ3) is 5.16. The van der Waals surface area contributed by atoms with Gasteiger partial charge in [-0.05, 0) is 43.8 Å².